The van der Waals surface area contributed by atoms with Crippen molar-refractivity contribution in [3.05, 3.63) is 76.9 Å². The zero-order chi connectivity index (χ0) is 17.9. The van der Waals surface area contributed by atoms with Crippen molar-refractivity contribution >= 4 is 17.1 Å². The van der Waals surface area contributed by atoms with Gasteiger partial charge in [-0.25, -0.2) is 0 Å². The lowest BCUT2D eigenvalue weighted by Crippen LogP contribution is -2.15. The van der Waals surface area contributed by atoms with Gasteiger partial charge in [0.15, 0.2) is 11.6 Å². The van der Waals surface area contributed by atoms with Gasteiger partial charge in [-0.2, -0.15) is 0 Å². The molecule has 0 saturated carbocycles. The first-order valence-corrected chi connectivity index (χ1v) is 8.13. The molecule has 0 aromatic heterocycles. The Morgan fingerprint density at radius 2 is 1.29 bits per heavy atom. The van der Waals surface area contributed by atoms with Crippen LogP contribution in [0.5, 0.6) is 0 Å². The zero-order valence-electron chi connectivity index (χ0n) is 15.0. The summed E-state index contributed by atoms with van der Waals surface area (Å²) in [4.78, 5) is 23.2. The Balaban J connectivity index is 2.40. The van der Waals surface area contributed by atoms with Crippen molar-refractivity contribution in [3.8, 4) is 0 Å². The van der Waals surface area contributed by atoms with Crippen LogP contribution < -0.4 is 0 Å². The van der Waals surface area contributed by atoms with Crippen molar-refractivity contribution in [2.45, 2.75) is 40.0 Å². The normalized spacial score (nSPS) is 12.1. The molecule has 2 rings (SSSR count). The van der Waals surface area contributed by atoms with Crippen LogP contribution >= 0.6 is 0 Å². The van der Waals surface area contributed by atoms with Gasteiger partial charge in [-0.1, -0.05) is 56.3 Å². The monoisotopic (exact) mass is 320 g/mol. The molecule has 0 saturated heterocycles. The highest BCUT2D eigenvalue weighted by Crippen LogP contribution is 2.29. The van der Waals surface area contributed by atoms with Gasteiger partial charge >= 0.3 is 0 Å². The third-order valence-corrected chi connectivity index (χ3v) is 4.31. The van der Waals surface area contributed by atoms with Crippen LogP contribution in [-0.2, 0) is 5.41 Å². The molecule has 2 aromatic carbocycles. The number of benzene rings is 2. The van der Waals surface area contributed by atoms with E-state index in [-0.39, 0.29) is 17.0 Å². The molecule has 124 valence electrons. The van der Waals surface area contributed by atoms with Gasteiger partial charge in [-0.3, -0.25) is 9.59 Å². The summed E-state index contributed by atoms with van der Waals surface area (Å²) in [5, 5.41) is 0. The average Bonchev–Trinajstić information content (AvgIpc) is 2.54. The number of carbonyl (C=O) groups is 2. The number of ketones is 2. The number of hydrogen-bond donors (Lipinski definition) is 0. The molecule has 2 aromatic rings. The summed E-state index contributed by atoms with van der Waals surface area (Å²) < 4.78 is 0. The summed E-state index contributed by atoms with van der Waals surface area (Å²) in [5.74, 6) is 0.139. The third-order valence-electron chi connectivity index (χ3n) is 4.31. The maximum atomic E-state index is 11.6. The van der Waals surface area contributed by atoms with E-state index >= 15 is 0 Å². The molecule has 0 N–H and O–H groups in total. The van der Waals surface area contributed by atoms with Crippen LogP contribution in [0.4, 0.5) is 0 Å². The number of rotatable bonds is 5. The lowest BCUT2D eigenvalue weighted by atomic mass is 9.81. The molecule has 0 aliphatic carbocycles. The van der Waals surface area contributed by atoms with E-state index in [2.05, 4.69) is 26.8 Å². The number of carbonyl (C=O) groups excluding carboxylic acids is 2. The second-order valence-corrected chi connectivity index (χ2v) is 6.82. The molecule has 2 nitrogen and oxygen atoms in total. The fourth-order valence-corrected chi connectivity index (χ4v) is 2.83. The van der Waals surface area contributed by atoms with Gasteiger partial charge in [0.25, 0.3) is 0 Å². The van der Waals surface area contributed by atoms with Gasteiger partial charge < -0.3 is 0 Å². The molecular weight excluding hydrogens is 296 g/mol. The fourth-order valence-electron chi connectivity index (χ4n) is 2.83. The molecule has 0 spiro atoms. The van der Waals surface area contributed by atoms with E-state index < -0.39 is 0 Å². The summed E-state index contributed by atoms with van der Waals surface area (Å²) >= 11 is 0. The SMILES string of the molecule is CC(=O)c1cccc(/C(C)=C/C(C)(C)c2cccc(C(C)=O)c2)c1. The second kappa shape index (κ2) is 6.96. The van der Waals surface area contributed by atoms with Crippen LogP contribution in [0.3, 0.4) is 0 Å². The molecule has 0 heterocycles. The lowest BCUT2D eigenvalue weighted by Gasteiger charge is -2.23. The highest BCUT2D eigenvalue weighted by molar-refractivity contribution is 5.95. The van der Waals surface area contributed by atoms with E-state index in [4.69, 9.17) is 0 Å². The fraction of sp³-hybridized carbons (Fsp3) is 0.273. The van der Waals surface area contributed by atoms with Crippen molar-refractivity contribution in [3.63, 3.8) is 0 Å². The van der Waals surface area contributed by atoms with Crippen LogP contribution in [0.25, 0.3) is 5.57 Å². The first-order valence-electron chi connectivity index (χ1n) is 8.13. The minimum Gasteiger partial charge on any atom is -0.295 e. The van der Waals surface area contributed by atoms with Crippen LogP contribution in [0.2, 0.25) is 0 Å². The van der Waals surface area contributed by atoms with Gasteiger partial charge in [0.05, 0.1) is 0 Å². The Labute approximate surface area is 144 Å². The highest BCUT2D eigenvalue weighted by Gasteiger charge is 2.19. The van der Waals surface area contributed by atoms with E-state index in [9.17, 15) is 9.59 Å². The van der Waals surface area contributed by atoms with Crippen molar-refractivity contribution in [2.75, 3.05) is 0 Å². The van der Waals surface area contributed by atoms with Gasteiger partial charge in [0.2, 0.25) is 0 Å². The van der Waals surface area contributed by atoms with E-state index in [1.807, 2.05) is 48.5 Å². The summed E-state index contributed by atoms with van der Waals surface area (Å²) in [6, 6.07) is 15.5. The van der Waals surface area contributed by atoms with Gasteiger partial charge in [0, 0.05) is 16.5 Å². The summed E-state index contributed by atoms with van der Waals surface area (Å²) in [7, 11) is 0. The van der Waals surface area contributed by atoms with Crippen molar-refractivity contribution in [1.82, 2.24) is 0 Å². The van der Waals surface area contributed by atoms with Crippen LogP contribution in [0.1, 0.15) is 66.5 Å². The lowest BCUT2D eigenvalue weighted by molar-refractivity contribution is 0.100. The predicted molar refractivity (Wildman–Crippen MR) is 99.6 cm³/mol. The molecule has 0 unspecified atom stereocenters. The van der Waals surface area contributed by atoms with E-state index in [0.717, 1.165) is 27.8 Å². The number of hydrogen-bond acceptors (Lipinski definition) is 2. The molecule has 0 amide bonds. The van der Waals surface area contributed by atoms with Crippen molar-refractivity contribution in [2.24, 2.45) is 0 Å². The Kier molecular flexibility index (Phi) is 5.18. The number of Topliss-reactive ketones (excluding diaryl/α,β-unsaturated/α-hetero) is 2. The van der Waals surface area contributed by atoms with Crippen LogP contribution in [0.15, 0.2) is 54.6 Å². The average molecular weight is 320 g/mol. The van der Waals surface area contributed by atoms with Gasteiger partial charge in [-0.05, 0) is 49.6 Å². The van der Waals surface area contributed by atoms with E-state index in [1.165, 1.54) is 0 Å². The van der Waals surface area contributed by atoms with Crippen molar-refractivity contribution < 1.29 is 9.59 Å². The molecule has 0 aliphatic heterocycles. The quantitative estimate of drug-likeness (QED) is 0.684. The molecule has 0 aliphatic rings. The first kappa shape index (κ1) is 17.9. The van der Waals surface area contributed by atoms with E-state index in [0.29, 0.717) is 0 Å². The minimum absolute atomic E-state index is 0.0677. The first-order chi connectivity index (χ1) is 11.2. The molecule has 0 bridgehead atoms. The molecule has 24 heavy (non-hydrogen) atoms. The minimum atomic E-state index is -0.220. The maximum absolute atomic E-state index is 11.6. The van der Waals surface area contributed by atoms with Crippen LogP contribution in [-0.4, -0.2) is 11.6 Å². The number of allylic oxidation sites excluding steroid dienone is 2. The zero-order valence-corrected chi connectivity index (χ0v) is 15.0. The summed E-state index contributed by atoms with van der Waals surface area (Å²) in [6.07, 6.45) is 2.19. The molecule has 2 heteroatoms. The second-order valence-electron chi connectivity index (χ2n) is 6.82. The summed E-state index contributed by atoms with van der Waals surface area (Å²) in [5.41, 5.74) is 4.47. The standard InChI is InChI=1S/C22H24O2/c1-15(18-8-6-9-19(12-18)16(2)23)14-22(4,5)21-11-7-10-20(13-21)17(3)24/h6-14H,1-5H3/b15-14+. The maximum Gasteiger partial charge on any atom is 0.159 e. The Morgan fingerprint density at radius 1 is 0.792 bits per heavy atom. The Hall–Kier alpha value is -2.48. The van der Waals surface area contributed by atoms with Gasteiger partial charge in [-0.15, -0.1) is 0 Å². The topological polar surface area (TPSA) is 34.1 Å². The smallest absolute Gasteiger partial charge is 0.159 e. The molecular formula is C22H24O2. The molecule has 0 atom stereocenters. The van der Waals surface area contributed by atoms with Gasteiger partial charge in [0.1, 0.15) is 0 Å². The van der Waals surface area contributed by atoms with Crippen molar-refractivity contribution in [1.29, 1.82) is 0 Å². The Morgan fingerprint density at radius 3 is 1.88 bits per heavy atom. The largest absolute Gasteiger partial charge is 0.295 e. The highest BCUT2D eigenvalue weighted by atomic mass is 16.1. The third kappa shape index (κ3) is 4.08. The Bertz CT molecular complexity index is 810. The molecule has 0 fully saturated rings. The van der Waals surface area contributed by atoms with Crippen LogP contribution in [0, 0.1) is 0 Å². The molecule has 0 radical (unpaired) electrons. The predicted octanol–water partition coefficient (Wildman–Crippen LogP) is 5.47. The summed E-state index contributed by atoms with van der Waals surface area (Å²) in [6.45, 7) is 9.47. The van der Waals surface area contributed by atoms with E-state index in [1.54, 1.807) is 13.8 Å².